The molecule has 0 aliphatic heterocycles. The van der Waals surface area contributed by atoms with E-state index in [1.165, 1.54) is 57.8 Å². The molecular weight excluding hydrogens is 723 g/mol. The Hall–Kier alpha value is -3.03. The highest BCUT2D eigenvalue weighted by molar-refractivity contribution is 7.46. The zero-order valence-corrected chi connectivity index (χ0v) is 35.9. The molecule has 9 heteroatoms. The van der Waals surface area contributed by atoms with Crippen molar-refractivity contribution in [1.82, 2.24) is 0 Å². The largest absolute Gasteiger partial charge is 0.469 e. The highest BCUT2D eigenvalue weighted by atomic mass is 31.2. The molecule has 2 N–H and O–H groups in total. The smallest absolute Gasteiger partial charge is 0.462 e. The second-order valence-corrected chi connectivity index (χ2v) is 15.2. The maximum Gasteiger partial charge on any atom is 0.469 e. The summed E-state index contributed by atoms with van der Waals surface area (Å²) < 4.78 is 26.3. The second kappa shape index (κ2) is 41.6. The lowest BCUT2D eigenvalue weighted by Crippen LogP contribution is -2.29. The van der Waals surface area contributed by atoms with E-state index in [4.69, 9.17) is 19.3 Å². The van der Waals surface area contributed by atoms with Gasteiger partial charge in [-0.3, -0.25) is 14.1 Å². The molecule has 0 bridgehead atoms. The molecule has 0 aliphatic rings. The molecule has 1 atom stereocenters. The fourth-order valence-electron chi connectivity index (χ4n) is 5.43. The number of phosphoric acid groups is 1. The lowest BCUT2D eigenvalue weighted by Gasteiger charge is -2.18. The van der Waals surface area contributed by atoms with Gasteiger partial charge in [-0.25, -0.2) is 4.57 Å². The number of phosphoric ester groups is 1. The standard InChI is InChI=1S/C47H77O8P/c1-3-5-7-9-11-13-15-17-19-21-23-25-27-29-31-33-35-37-39-41-46(48)53-43-45(44-54-56(50,51)52)55-47(49)42-40-38-36-34-32-30-28-26-24-22-20-18-16-14-12-10-8-6-4-2/h5,7,11-14,17-20,23,25,29,31,35,37,45H,3-4,6,8-10,15-16,21-22,24,26-28,30,32-34,36,38-44H2,1-2H3,(H2,50,51,52)/b7-5+,13-11+,14-12+,19-17+,20-18+,25-23+,31-29+,37-35+/t45-/m1/s1. The van der Waals surface area contributed by atoms with Crippen molar-refractivity contribution < 1.29 is 37.9 Å². The Morgan fingerprint density at radius 1 is 0.482 bits per heavy atom. The summed E-state index contributed by atoms with van der Waals surface area (Å²) in [6.45, 7) is 3.47. The second-order valence-electron chi connectivity index (χ2n) is 13.9. The number of allylic oxidation sites excluding steroid dienone is 16. The molecule has 0 fully saturated rings. The van der Waals surface area contributed by atoms with E-state index in [0.29, 0.717) is 12.8 Å². The number of carbonyl (C=O) groups is 2. The topological polar surface area (TPSA) is 119 Å². The van der Waals surface area contributed by atoms with Crippen LogP contribution in [0.3, 0.4) is 0 Å². The monoisotopic (exact) mass is 801 g/mol. The van der Waals surface area contributed by atoms with Gasteiger partial charge in [0.2, 0.25) is 0 Å². The van der Waals surface area contributed by atoms with E-state index in [2.05, 4.69) is 103 Å². The van der Waals surface area contributed by atoms with Crippen molar-refractivity contribution in [2.45, 2.75) is 174 Å². The SMILES string of the molecule is CC/C=C/C/C=C/C/C=C/C/C=C/C/C=C/C/C=C/CCC(=O)OC[C@H](COP(=O)(O)O)OC(=O)CCCCCCCCCCC/C=C/C/C=C/CCCCC. The van der Waals surface area contributed by atoms with Gasteiger partial charge in [0.25, 0.3) is 0 Å². The fourth-order valence-corrected chi connectivity index (χ4v) is 5.79. The van der Waals surface area contributed by atoms with E-state index in [1.54, 1.807) is 0 Å². The minimum atomic E-state index is -4.78. The highest BCUT2D eigenvalue weighted by Gasteiger charge is 2.22. The molecule has 0 saturated heterocycles. The first kappa shape index (κ1) is 53.0. The predicted octanol–water partition coefficient (Wildman–Crippen LogP) is 13.4. The van der Waals surface area contributed by atoms with E-state index in [-0.39, 0.29) is 19.4 Å². The Labute approximate surface area is 341 Å². The minimum absolute atomic E-state index is 0.136. The van der Waals surface area contributed by atoms with Crippen molar-refractivity contribution in [3.8, 4) is 0 Å². The van der Waals surface area contributed by atoms with Crippen molar-refractivity contribution in [2.24, 2.45) is 0 Å². The number of esters is 2. The Kier molecular flexibility index (Phi) is 39.3. The van der Waals surface area contributed by atoms with Crippen LogP contribution in [0, 0.1) is 0 Å². The van der Waals surface area contributed by atoms with Crippen LogP contribution in [-0.2, 0) is 28.2 Å². The van der Waals surface area contributed by atoms with Crippen LogP contribution in [0.15, 0.2) is 97.2 Å². The molecule has 0 aromatic heterocycles. The summed E-state index contributed by atoms with van der Waals surface area (Å²) in [5.74, 6) is -0.995. The van der Waals surface area contributed by atoms with Gasteiger partial charge < -0.3 is 19.3 Å². The third-order valence-corrected chi connectivity index (χ3v) is 9.09. The number of rotatable bonds is 38. The molecule has 8 nitrogen and oxygen atoms in total. The normalized spacial score (nSPS) is 13.4. The molecule has 0 aromatic carbocycles. The van der Waals surface area contributed by atoms with Crippen LogP contribution in [0.4, 0.5) is 0 Å². The number of hydrogen-bond acceptors (Lipinski definition) is 6. The van der Waals surface area contributed by atoms with E-state index < -0.39 is 32.5 Å². The molecule has 56 heavy (non-hydrogen) atoms. The summed E-state index contributed by atoms with van der Waals surface area (Å²) in [5.41, 5.74) is 0. The molecule has 0 aliphatic carbocycles. The summed E-state index contributed by atoms with van der Waals surface area (Å²) in [6.07, 6.45) is 57.1. The maximum absolute atomic E-state index is 12.4. The highest BCUT2D eigenvalue weighted by Crippen LogP contribution is 2.36. The first-order valence-corrected chi connectivity index (χ1v) is 23.1. The van der Waals surface area contributed by atoms with Crippen LogP contribution in [0.5, 0.6) is 0 Å². The van der Waals surface area contributed by atoms with Crippen LogP contribution >= 0.6 is 7.82 Å². The quantitative estimate of drug-likeness (QED) is 0.0274. The van der Waals surface area contributed by atoms with E-state index in [9.17, 15) is 14.2 Å². The van der Waals surface area contributed by atoms with Gasteiger partial charge >= 0.3 is 19.8 Å². The van der Waals surface area contributed by atoms with E-state index >= 15 is 0 Å². The average molecular weight is 801 g/mol. The van der Waals surface area contributed by atoms with Crippen LogP contribution < -0.4 is 0 Å². The first-order chi connectivity index (χ1) is 27.3. The van der Waals surface area contributed by atoms with Crippen LogP contribution in [0.1, 0.15) is 168 Å². The molecule has 0 unspecified atom stereocenters. The molecule has 0 saturated carbocycles. The summed E-state index contributed by atoms with van der Waals surface area (Å²) >= 11 is 0. The van der Waals surface area contributed by atoms with Gasteiger partial charge in [-0.1, -0.05) is 169 Å². The van der Waals surface area contributed by atoms with Gasteiger partial charge in [0, 0.05) is 12.8 Å². The zero-order valence-electron chi connectivity index (χ0n) is 35.0. The molecule has 0 amide bonds. The average Bonchev–Trinajstić information content (AvgIpc) is 3.17. The molecule has 318 valence electrons. The van der Waals surface area contributed by atoms with Gasteiger partial charge in [0.15, 0.2) is 6.10 Å². The maximum atomic E-state index is 12.4. The van der Waals surface area contributed by atoms with Gasteiger partial charge in [0.05, 0.1) is 6.61 Å². The summed E-state index contributed by atoms with van der Waals surface area (Å²) in [5, 5.41) is 0. The van der Waals surface area contributed by atoms with Crippen LogP contribution in [-0.4, -0.2) is 41.0 Å². The van der Waals surface area contributed by atoms with Gasteiger partial charge in [-0.05, 0) is 83.5 Å². The lowest BCUT2D eigenvalue weighted by atomic mass is 10.1. The van der Waals surface area contributed by atoms with Crippen molar-refractivity contribution in [1.29, 1.82) is 0 Å². The number of unbranched alkanes of at least 4 members (excludes halogenated alkanes) is 12. The Morgan fingerprint density at radius 3 is 1.36 bits per heavy atom. The van der Waals surface area contributed by atoms with Gasteiger partial charge in [-0.15, -0.1) is 0 Å². The van der Waals surface area contributed by atoms with Crippen molar-refractivity contribution in [3.63, 3.8) is 0 Å². The van der Waals surface area contributed by atoms with Gasteiger partial charge in [-0.2, -0.15) is 0 Å². The third-order valence-electron chi connectivity index (χ3n) is 8.60. The molecule has 0 rings (SSSR count). The molecule has 0 heterocycles. The van der Waals surface area contributed by atoms with Crippen molar-refractivity contribution >= 4 is 19.8 Å². The predicted molar refractivity (Wildman–Crippen MR) is 234 cm³/mol. The third kappa shape index (κ3) is 43.7. The van der Waals surface area contributed by atoms with Gasteiger partial charge in [0.1, 0.15) is 6.61 Å². The Morgan fingerprint density at radius 2 is 0.893 bits per heavy atom. The Balaban J connectivity index is 4.05. The van der Waals surface area contributed by atoms with E-state index in [1.807, 2.05) is 12.2 Å². The minimum Gasteiger partial charge on any atom is -0.462 e. The summed E-state index contributed by atoms with van der Waals surface area (Å²) in [4.78, 5) is 42.9. The van der Waals surface area contributed by atoms with Crippen molar-refractivity contribution in [3.05, 3.63) is 97.2 Å². The molecule has 0 aromatic rings. The summed E-state index contributed by atoms with van der Waals surface area (Å²) in [6, 6.07) is 0. The van der Waals surface area contributed by atoms with Crippen molar-refractivity contribution in [2.75, 3.05) is 13.2 Å². The van der Waals surface area contributed by atoms with Crippen LogP contribution in [0.2, 0.25) is 0 Å². The summed E-state index contributed by atoms with van der Waals surface area (Å²) in [7, 11) is -4.78. The molecule has 0 radical (unpaired) electrons. The lowest BCUT2D eigenvalue weighted by molar-refractivity contribution is -0.161. The number of carbonyl (C=O) groups excluding carboxylic acids is 2. The first-order valence-electron chi connectivity index (χ1n) is 21.5. The zero-order chi connectivity index (χ0) is 41.1. The molecular formula is C47H77O8P. The number of ether oxygens (including phenoxy) is 2. The molecule has 0 spiro atoms. The fraction of sp³-hybridized carbons (Fsp3) is 0.617. The number of hydrogen-bond donors (Lipinski definition) is 2. The Bertz CT molecular complexity index is 1220. The van der Waals surface area contributed by atoms with Crippen LogP contribution in [0.25, 0.3) is 0 Å². The van der Waals surface area contributed by atoms with E-state index in [0.717, 1.165) is 70.6 Å².